The normalized spacial score (nSPS) is 18.9. The summed E-state index contributed by atoms with van der Waals surface area (Å²) in [5, 5.41) is 3.16. The number of nitrogens with one attached hydrogen (secondary N) is 1. The largest absolute Gasteiger partial charge is 0.382 e. The lowest BCUT2D eigenvalue weighted by molar-refractivity contribution is 0.0978. The van der Waals surface area contributed by atoms with Gasteiger partial charge >= 0.3 is 0 Å². The summed E-state index contributed by atoms with van der Waals surface area (Å²) in [6.07, 6.45) is 7.79. The first-order valence-corrected chi connectivity index (χ1v) is 7.39. The first-order valence-electron chi connectivity index (χ1n) is 7.39. The van der Waals surface area contributed by atoms with Crippen LogP contribution in [0.25, 0.3) is 0 Å². The van der Waals surface area contributed by atoms with Crippen molar-refractivity contribution in [1.82, 2.24) is 5.32 Å². The van der Waals surface area contributed by atoms with E-state index >= 15 is 0 Å². The van der Waals surface area contributed by atoms with E-state index in [-0.39, 0.29) is 11.6 Å². The van der Waals surface area contributed by atoms with Crippen molar-refractivity contribution >= 4 is 11.6 Å². The number of benzene rings is 1. The standard InChI is InChI=1S/C17H19NO2/c19-16-11-15(18-10-9-12-5-1-2-6-12)17(20)14-8-4-3-7-13(14)16/h3-4,7-8,11-12,18H,1-2,5-6,9-10H2. The Morgan fingerprint density at radius 1 is 1.05 bits per heavy atom. The van der Waals surface area contributed by atoms with Gasteiger partial charge in [-0.15, -0.1) is 0 Å². The molecule has 0 saturated heterocycles. The molecule has 1 N–H and O–H groups in total. The van der Waals surface area contributed by atoms with E-state index in [9.17, 15) is 9.59 Å². The summed E-state index contributed by atoms with van der Waals surface area (Å²) in [5.74, 6) is 0.639. The van der Waals surface area contributed by atoms with Gasteiger partial charge in [0.25, 0.3) is 0 Å². The van der Waals surface area contributed by atoms with E-state index in [0.29, 0.717) is 16.8 Å². The maximum absolute atomic E-state index is 12.3. The van der Waals surface area contributed by atoms with Gasteiger partial charge in [-0.05, 0) is 12.3 Å². The molecule has 20 heavy (non-hydrogen) atoms. The van der Waals surface area contributed by atoms with E-state index in [2.05, 4.69) is 5.32 Å². The molecular formula is C17H19NO2. The fourth-order valence-electron chi connectivity index (χ4n) is 3.16. The highest BCUT2D eigenvalue weighted by atomic mass is 16.1. The molecule has 0 aromatic heterocycles. The van der Waals surface area contributed by atoms with Crippen LogP contribution in [0.1, 0.15) is 52.8 Å². The van der Waals surface area contributed by atoms with Crippen LogP contribution in [0.15, 0.2) is 36.0 Å². The summed E-state index contributed by atoms with van der Waals surface area (Å²) in [7, 11) is 0. The minimum Gasteiger partial charge on any atom is -0.382 e. The fraction of sp³-hybridized carbons (Fsp3) is 0.412. The average Bonchev–Trinajstić information content (AvgIpc) is 2.97. The molecule has 0 bridgehead atoms. The summed E-state index contributed by atoms with van der Waals surface area (Å²) in [6.45, 7) is 0.775. The molecule has 104 valence electrons. The van der Waals surface area contributed by atoms with Crippen LogP contribution in [0.2, 0.25) is 0 Å². The molecule has 0 heterocycles. The Hall–Kier alpha value is -1.90. The molecule has 3 rings (SSSR count). The summed E-state index contributed by atoms with van der Waals surface area (Å²) in [5.41, 5.74) is 1.48. The van der Waals surface area contributed by atoms with Crippen LogP contribution in [0.3, 0.4) is 0 Å². The molecule has 3 nitrogen and oxygen atoms in total. The Morgan fingerprint density at radius 3 is 2.50 bits per heavy atom. The second kappa shape index (κ2) is 5.61. The molecular weight excluding hydrogens is 250 g/mol. The number of carbonyl (C=O) groups excluding carboxylic acids is 2. The maximum atomic E-state index is 12.3. The molecule has 3 heteroatoms. The minimum atomic E-state index is -0.0800. The third-order valence-electron chi connectivity index (χ3n) is 4.30. The van der Waals surface area contributed by atoms with E-state index in [4.69, 9.17) is 0 Å². The Labute approximate surface area is 119 Å². The minimum absolute atomic E-state index is 0.0633. The zero-order chi connectivity index (χ0) is 13.9. The van der Waals surface area contributed by atoms with Gasteiger partial charge in [-0.25, -0.2) is 0 Å². The molecule has 1 aromatic rings. The van der Waals surface area contributed by atoms with Crippen LogP contribution in [-0.4, -0.2) is 18.1 Å². The molecule has 0 atom stereocenters. The number of hydrogen-bond acceptors (Lipinski definition) is 3. The second-order valence-electron chi connectivity index (χ2n) is 5.66. The first-order chi connectivity index (χ1) is 9.75. The van der Waals surface area contributed by atoms with E-state index in [1.165, 1.54) is 31.8 Å². The number of carbonyl (C=O) groups is 2. The lowest BCUT2D eigenvalue weighted by Crippen LogP contribution is -2.28. The highest BCUT2D eigenvalue weighted by Gasteiger charge is 2.25. The van der Waals surface area contributed by atoms with Gasteiger partial charge in [-0.3, -0.25) is 9.59 Å². The zero-order valence-corrected chi connectivity index (χ0v) is 11.5. The maximum Gasteiger partial charge on any atom is 0.209 e. The Morgan fingerprint density at radius 2 is 1.75 bits per heavy atom. The lowest BCUT2D eigenvalue weighted by atomic mass is 9.92. The van der Waals surface area contributed by atoms with Crippen LogP contribution >= 0.6 is 0 Å². The van der Waals surface area contributed by atoms with Crippen molar-refractivity contribution < 1.29 is 9.59 Å². The average molecular weight is 269 g/mol. The van der Waals surface area contributed by atoms with Gasteiger partial charge in [0.2, 0.25) is 5.78 Å². The molecule has 0 aliphatic heterocycles. The second-order valence-corrected chi connectivity index (χ2v) is 5.66. The summed E-state index contributed by atoms with van der Waals surface area (Å²) < 4.78 is 0. The van der Waals surface area contributed by atoms with Crippen molar-refractivity contribution in [2.45, 2.75) is 32.1 Å². The molecule has 0 spiro atoms. The van der Waals surface area contributed by atoms with E-state index < -0.39 is 0 Å². The third-order valence-corrected chi connectivity index (χ3v) is 4.30. The van der Waals surface area contributed by atoms with Crippen LogP contribution in [-0.2, 0) is 0 Å². The Balaban J connectivity index is 1.65. The molecule has 1 aromatic carbocycles. The predicted octanol–water partition coefficient (Wildman–Crippen LogP) is 3.12. The van der Waals surface area contributed by atoms with Crippen LogP contribution in [0, 0.1) is 5.92 Å². The van der Waals surface area contributed by atoms with Crippen LogP contribution < -0.4 is 5.32 Å². The first kappa shape index (κ1) is 13.1. The van der Waals surface area contributed by atoms with Gasteiger partial charge in [-0.2, -0.15) is 0 Å². The summed E-state index contributed by atoms with van der Waals surface area (Å²) in [4.78, 5) is 24.3. The quantitative estimate of drug-likeness (QED) is 0.913. The van der Waals surface area contributed by atoms with Crippen molar-refractivity contribution in [1.29, 1.82) is 0 Å². The van der Waals surface area contributed by atoms with Gasteiger partial charge in [0.15, 0.2) is 5.78 Å². The number of ketones is 2. The monoisotopic (exact) mass is 269 g/mol. The van der Waals surface area contributed by atoms with E-state index in [0.717, 1.165) is 18.9 Å². The topological polar surface area (TPSA) is 46.2 Å². The highest BCUT2D eigenvalue weighted by Crippen LogP contribution is 2.27. The molecule has 2 aliphatic carbocycles. The van der Waals surface area contributed by atoms with Gasteiger partial charge in [0.1, 0.15) is 0 Å². The predicted molar refractivity (Wildman–Crippen MR) is 77.8 cm³/mol. The number of rotatable bonds is 4. The highest BCUT2D eigenvalue weighted by molar-refractivity contribution is 6.24. The van der Waals surface area contributed by atoms with Gasteiger partial charge in [-0.1, -0.05) is 49.9 Å². The Bertz CT molecular complexity index is 568. The van der Waals surface area contributed by atoms with Crippen molar-refractivity contribution in [3.8, 4) is 0 Å². The summed E-state index contributed by atoms with van der Waals surface area (Å²) in [6, 6.07) is 7.02. The smallest absolute Gasteiger partial charge is 0.209 e. The van der Waals surface area contributed by atoms with Gasteiger partial charge in [0.05, 0.1) is 5.70 Å². The number of hydrogen-bond donors (Lipinski definition) is 1. The van der Waals surface area contributed by atoms with Crippen LogP contribution in [0.4, 0.5) is 0 Å². The fourth-order valence-corrected chi connectivity index (χ4v) is 3.16. The molecule has 2 aliphatic rings. The van der Waals surface area contributed by atoms with E-state index in [1.807, 2.05) is 0 Å². The molecule has 0 amide bonds. The molecule has 0 unspecified atom stereocenters. The Kier molecular flexibility index (Phi) is 3.68. The van der Waals surface area contributed by atoms with Crippen LogP contribution in [0.5, 0.6) is 0 Å². The summed E-state index contributed by atoms with van der Waals surface area (Å²) >= 11 is 0. The van der Waals surface area contributed by atoms with Crippen molar-refractivity contribution in [3.05, 3.63) is 47.2 Å². The number of Topliss-reactive ketones (excluding diaryl/α,β-unsaturated/α-hetero) is 1. The van der Waals surface area contributed by atoms with Crippen molar-refractivity contribution in [3.63, 3.8) is 0 Å². The van der Waals surface area contributed by atoms with Crippen molar-refractivity contribution in [2.75, 3.05) is 6.54 Å². The number of allylic oxidation sites excluding steroid dienone is 2. The third kappa shape index (κ3) is 2.53. The molecule has 0 radical (unpaired) electrons. The molecule has 1 fully saturated rings. The zero-order valence-electron chi connectivity index (χ0n) is 11.5. The van der Waals surface area contributed by atoms with Crippen molar-refractivity contribution in [2.24, 2.45) is 5.92 Å². The molecule has 1 saturated carbocycles. The number of fused-ring (bicyclic) bond motifs is 1. The SMILES string of the molecule is O=C1C=C(NCCC2CCCC2)C(=O)c2ccccc21. The van der Waals surface area contributed by atoms with E-state index in [1.54, 1.807) is 24.3 Å². The van der Waals surface area contributed by atoms with Gasteiger partial charge in [0, 0.05) is 23.7 Å². The van der Waals surface area contributed by atoms with Gasteiger partial charge < -0.3 is 5.32 Å². The lowest BCUT2D eigenvalue weighted by Gasteiger charge is -2.17.